The molecule has 0 atom stereocenters. The van der Waals surface area contributed by atoms with Crippen molar-refractivity contribution in [2.75, 3.05) is 0 Å². The van der Waals surface area contributed by atoms with E-state index in [2.05, 4.69) is 11.7 Å². The highest BCUT2D eigenvalue weighted by Crippen LogP contribution is 2.26. The summed E-state index contributed by atoms with van der Waals surface area (Å²) in [5.41, 5.74) is 2.36. The number of para-hydroxylation sites is 1. The molecule has 0 saturated carbocycles. The van der Waals surface area contributed by atoms with E-state index in [1.165, 1.54) is 0 Å². The van der Waals surface area contributed by atoms with E-state index in [9.17, 15) is 10.3 Å². The minimum Gasteiger partial charge on any atom is -0.507 e. The number of rotatable bonds is 4. The SMILES string of the molecule is C=CCc1cccc(C(=NO)c2ccccc2)c1O. The predicted molar refractivity (Wildman–Crippen MR) is 75.9 cm³/mol. The molecule has 0 heterocycles. The Morgan fingerprint density at radius 1 is 1.11 bits per heavy atom. The minimum atomic E-state index is 0.124. The fraction of sp³-hybridized carbons (Fsp3) is 0.0625. The molecule has 0 amide bonds. The third-order valence-corrected chi connectivity index (χ3v) is 2.89. The van der Waals surface area contributed by atoms with Crippen LogP contribution in [0.25, 0.3) is 0 Å². The first-order valence-electron chi connectivity index (χ1n) is 5.97. The number of phenolic OH excluding ortho intramolecular Hbond substituents is 1. The molecule has 2 N–H and O–H groups in total. The van der Waals surface area contributed by atoms with Gasteiger partial charge in [-0.1, -0.05) is 53.7 Å². The Morgan fingerprint density at radius 3 is 2.47 bits per heavy atom. The molecule has 19 heavy (non-hydrogen) atoms. The summed E-state index contributed by atoms with van der Waals surface area (Å²) in [6, 6.07) is 14.6. The van der Waals surface area contributed by atoms with E-state index >= 15 is 0 Å². The number of oxime groups is 1. The monoisotopic (exact) mass is 253 g/mol. The Balaban J connectivity index is 2.51. The summed E-state index contributed by atoms with van der Waals surface area (Å²) >= 11 is 0. The van der Waals surface area contributed by atoms with Crippen LogP contribution < -0.4 is 0 Å². The van der Waals surface area contributed by atoms with Gasteiger partial charge in [-0.25, -0.2) is 0 Å². The smallest absolute Gasteiger partial charge is 0.128 e. The lowest BCUT2D eigenvalue weighted by Crippen LogP contribution is -2.04. The fourth-order valence-electron chi connectivity index (χ4n) is 1.97. The first kappa shape index (κ1) is 12.9. The fourth-order valence-corrected chi connectivity index (χ4v) is 1.97. The highest BCUT2D eigenvalue weighted by Gasteiger charge is 2.14. The first-order chi connectivity index (χ1) is 9.27. The first-order valence-corrected chi connectivity index (χ1v) is 5.97. The topological polar surface area (TPSA) is 52.8 Å². The zero-order valence-electron chi connectivity index (χ0n) is 10.5. The molecular formula is C16H15NO2. The normalized spacial score (nSPS) is 11.3. The maximum absolute atomic E-state index is 10.2. The van der Waals surface area contributed by atoms with Gasteiger partial charge in [0.15, 0.2) is 0 Å². The zero-order valence-corrected chi connectivity index (χ0v) is 10.5. The van der Waals surface area contributed by atoms with Crippen LogP contribution in [-0.4, -0.2) is 16.0 Å². The van der Waals surface area contributed by atoms with Crippen LogP contribution in [0.2, 0.25) is 0 Å². The number of hydrogen-bond donors (Lipinski definition) is 2. The van der Waals surface area contributed by atoms with Crippen LogP contribution in [0.5, 0.6) is 5.75 Å². The largest absolute Gasteiger partial charge is 0.507 e. The molecule has 0 radical (unpaired) electrons. The van der Waals surface area contributed by atoms with Crippen molar-refractivity contribution in [2.45, 2.75) is 6.42 Å². The van der Waals surface area contributed by atoms with E-state index in [1.807, 2.05) is 42.5 Å². The zero-order chi connectivity index (χ0) is 13.7. The molecule has 3 nitrogen and oxygen atoms in total. The summed E-state index contributed by atoms with van der Waals surface area (Å²) < 4.78 is 0. The maximum atomic E-state index is 10.2. The molecule has 0 spiro atoms. The summed E-state index contributed by atoms with van der Waals surface area (Å²) in [6.07, 6.45) is 2.28. The lowest BCUT2D eigenvalue weighted by atomic mass is 9.98. The molecule has 0 aliphatic heterocycles. The summed E-state index contributed by atoms with van der Waals surface area (Å²) in [7, 11) is 0. The summed E-state index contributed by atoms with van der Waals surface area (Å²) in [4.78, 5) is 0. The van der Waals surface area contributed by atoms with E-state index in [0.717, 1.165) is 11.1 Å². The number of benzene rings is 2. The average Bonchev–Trinajstić information content (AvgIpc) is 2.45. The second-order valence-electron chi connectivity index (χ2n) is 4.12. The van der Waals surface area contributed by atoms with Gasteiger partial charge in [0.1, 0.15) is 11.5 Å². The number of allylic oxidation sites excluding steroid dienone is 1. The minimum absolute atomic E-state index is 0.124. The highest BCUT2D eigenvalue weighted by molar-refractivity contribution is 6.14. The standard InChI is InChI=1S/C16H15NO2/c1-2-7-13-10-6-11-14(16(13)18)15(17-19)12-8-4-3-5-9-12/h2-6,8-11,18-19H,1,7H2. The quantitative estimate of drug-likeness (QED) is 0.380. The van der Waals surface area contributed by atoms with Crippen LogP contribution in [0, 0.1) is 0 Å². The number of hydrogen-bond acceptors (Lipinski definition) is 3. The molecule has 0 fully saturated rings. The second kappa shape index (κ2) is 5.87. The van der Waals surface area contributed by atoms with Crippen LogP contribution in [-0.2, 0) is 6.42 Å². The molecule has 0 aliphatic rings. The van der Waals surface area contributed by atoms with E-state index in [1.54, 1.807) is 12.1 Å². The molecule has 0 aliphatic carbocycles. The van der Waals surface area contributed by atoms with Crippen molar-refractivity contribution in [1.29, 1.82) is 0 Å². The van der Waals surface area contributed by atoms with Crippen molar-refractivity contribution >= 4 is 5.71 Å². The Labute approximate surface area is 112 Å². The lowest BCUT2D eigenvalue weighted by molar-refractivity contribution is 0.319. The van der Waals surface area contributed by atoms with Gasteiger partial charge in [-0.2, -0.15) is 0 Å². The van der Waals surface area contributed by atoms with Crippen LogP contribution in [0.3, 0.4) is 0 Å². The van der Waals surface area contributed by atoms with Crippen LogP contribution in [0.1, 0.15) is 16.7 Å². The van der Waals surface area contributed by atoms with E-state index in [-0.39, 0.29) is 5.75 Å². The van der Waals surface area contributed by atoms with Crippen molar-refractivity contribution in [3.05, 3.63) is 77.9 Å². The van der Waals surface area contributed by atoms with Gasteiger partial charge in [0.2, 0.25) is 0 Å². The second-order valence-corrected chi connectivity index (χ2v) is 4.12. The van der Waals surface area contributed by atoms with Crippen molar-refractivity contribution in [3.63, 3.8) is 0 Å². The van der Waals surface area contributed by atoms with Crippen LogP contribution >= 0.6 is 0 Å². The average molecular weight is 253 g/mol. The Morgan fingerprint density at radius 2 is 1.84 bits per heavy atom. The molecule has 0 unspecified atom stereocenters. The Bertz CT molecular complexity index is 603. The van der Waals surface area contributed by atoms with Gasteiger partial charge in [0.25, 0.3) is 0 Å². The van der Waals surface area contributed by atoms with E-state index in [0.29, 0.717) is 17.7 Å². The lowest BCUT2D eigenvalue weighted by Gasteiger charge is -2.10. The van der Waals surface area contributed by atoms with Gasteiger partial charge >= 0.3 is 0 Å². The molecular weight excluding hydrogens is 238 g/mol. The van der Waals surface area contributed by atoms with Gasteiger partial charge < -0.3 is 10.3 Å². The number of aromatic hydroxyl groups is 1. The van der Waals surface area contributed by atoms with Gasteiger partial charge in [-0.3, -0.25) is 0 Å². The molecule has 2 aromatic carbocycles. The molecule has 0 saturated heterocycles. The van der Waals surface area contributed by atoms with Crippen molar-refractivity contribution in [2.24, 2.45) is 5.16 Å². The third-order valence-electron chi connectivity index (χ3n) is 2.89. The van der Waals surface area contributed by atoms with Gasteiger partial charge in [0.05, 0.1) is 0 Å². The van der Waals surface area contributed by atoms with Crippen molar-refractivity contribution in [1.82, 2.24) is 0 Å². The highest BCUT2D eigenvalue weighted by atomic mass is 16.4. The summed E-state index contributed by atoms with van der Waals surface area (Å²) in [5.74, 6) is 0.124. The van der Waals surface area contributed by atoms with Crippen molar-refractivity contribution < 1.29 is 10.3 Å². The van der Waals surface area contributed by atoms with Crippen molar-refractivity contribution in [3.8, 4) is 5.75 Å². The number of phenols is 1. The molecule has 0 aromatic heterocycles. The Kier molecular flexibility index (Phi) is 3.98. The maximum Gasteiger partial charge on any atom is 0.128 e. The molecule has 0 bridgehead atoms. The van der Waals surface area contributed by atoms with Crippen LogP contribution in [0.15, 0.2) is 66.3 Å². The van der Waals surface area contributed by atoms with Gasteiger partial charge in [-0.15, -0.1) is 6.58 Å². The predicted octanol–water partition coefficient (Wildman–Crippen LogP) is 3.35. The number of nitrogens with zero attached hydrogens (tertiary/aromatic N) is 1. The van der Waals surface area contributed by atoms with Gasteiger partial charge in [0, 0.05) is 11.1 Å². The van der Waals surface area contributed by atoms with Crippen LogP contribution in [0.4, 0.5) is 0 Å². The molecule has 2 rings (SSSR count). The Hall–Kier alpha value is -2.55. The van der Waals surface area contributed by atoms with E-state index in [4.69, 9.17) is 0 Å². The summed E-state index contributed by atoms with van der Waals surface area (Å²) in [6.45, 7) is 3.66. The summed E-state index contributed by atoms with van der Waals surface area (Å²) in [5, 5.41) is 22.8. The van der Waals surface area contributed by atoms with Gasteiger partial charge in [-0.05, 0) is 18.1 Å². The third kappa shape index (κ3) is 2.65. The molecule has 3 heteroatoms. The molecule has 96 valence electrons. The molecule has 2 aromatic rings. The van der Waals surface area contributed by atoms with E-state index < -0.39 is 0 Å².